The molecular formula is C16H24N2OS2. The van der Waals surface area contributed by atoms with Crippen LogP contribution in [0, 0.1) is 0 Å². The molecule has 1 aromatic rings. The highest BCUT2D eigenvalue weighted by atomic mass is 32.2. The second kappa shape index (κ2) is 6.71. The Hall–Kier alpha value is -0.520. The van der Waals surface area contributed by atoms with Crippen molar-refractivity contribution >= 4 is 29.0 Å². The van der Waals surface area contributed by atoms with E-state index in [4.69, 9.17) is 0 Å². The highest BCUT2D eigenvalue weighted by Crippen LogP contribution is 2.38. The van der Waals surface area contributed by atoms with Crippen molar-refractivity contribution in [2.75, 3.05) is 6.26 Å². The van der Waals surface area contributed by atoms with Crippen molar-refractivity contribution in [2.24, 2.45) is 0 Å². The van der Waals surface area contributed by atoms with E-state index in [1.165, 1.54) is 12.0 Å². The largest absolute Gasteiger partial charge is 0.319 e. The van der Waals surface area contributed by atoms with E-state index >= 15 is 0 Å². The van der Waals surface area contributed by atoms with Crippen molar-refractivity contribution in [2.45, 2.75) is 62.5 Å². The van der Waals surface area contributed by atoms with Crippen LogP contribution in [0.5, 0.6) is 0 Å². The quantitative estimate of drug-likeness (QED) is 0.897. The Morgan fingerprint density at radius 2 is 2.33 bits per heavy atom. The van der Waals surface area contributed by atoms with E-state index in [1.807, 2.05) is 11.8 Å². The van der Waals surface area contributed by atoms with Crippen molar-refractivity contribution in [1.82, 2.24) is 10.2 Å². The summed E-state index contributed by atoms with van der Waals surface area (Å²) >= 11 is 3.66. The van der Waals surface area contributed by atoms with E-state index in [9.17, 15) is 4.79 Å². The number of thioether (sulfide) groups is 1. The maximum absolute atomic E-state index is 12.8. The molecule has 5 heteroatoms. The summed E-state index contributed by atoms with van der Waals surface area (Å²) in [6.45, 7) is 2.15. The van der Waals surface area contributed by atoms with E-state index < -0.39 is 0 Å². The zero-order valence-corrected chi connectivity index (χ0v) is 14.4. The number of carbonyl (C=O) groups excluding carboxylic acids is 1. The van der Waals surface area contributed by atoms with E-state index in [0.717, 1.165) is 30.9 Å². The third-order valence-corrected chi connectivity index (χ3v) is 6.51. The normalized spacial score (nSPS) is 33.0. The number of nitrogens with zero attached hydrogens (tertiary/aromatic N) is 1. The fraction of sp³-hybridized carbons (Fsp3) is 0.688. The molecule has 1 N–H and O–H groups in total. The lowest BCUT2D eigenvalue weighted by molar-refractivity contribution is -0.132. The average molecular weight is 325 g/mol. The third kappa shape index (κ3) is 3.01. The first kappa shape index (κ1) is 15.4. The van der Waals surface area contributed by atoms with Crippen LogP contribution < -0.4 is 5.32 Å². The molecule has 1 saturated carbocycles. The first-order valence-electron chi connectivity index (χ1n) is 7.87. The summed E-state index contributed by atoms with van der Waals surface area (Å²) in [6, 6.07) is 2.57. The van der Waals surface area contributed by atoms with E-state index in [-0.39, 0.29) is 12.2 Å². The predicted octanol–water partition coefficient (Wildman–Crippen LogP) is 3.63. The minimum absolute atomic E-state index is 0.00762. The third-order valence-electron chi connectivity index (χ3n) is 4.71. The molecule has 3 nitrogen and oxygen atoms in total. The monoisotopic (exact) mass is 324 g/mol. The van der Waals surface area contributed by atoms with Crippen LogP contribution in [0.4, 0.5) is 0 Å². The van der Waals surface area contributed by atoms with Gasteiger partial charge in [-0.2, -0.15) is 23.1 Å². The molecule has 116 valence electrons. The molecule has 2 fully saturated rings. The summed E-state index contributed by atoms with van der Waals surface area (Å²) < 4.78 is 0. The summed E-state index contributed by atoms with van der Waals surface area (Å²) in [5, 5.41) is 8.58. The van der Waals surface area contributed by atoms with Gasteiger partial charge in [0.25, 0.3) is 0 Å². The van der Waals surface area contributed by atoms with Gasteiger partial charge in [-0.05, 0) is 54.3 Å². The number of hydrogen-bond donors (Lipinski definition) is 1. The second-order valence-electron chi connectivity index (χ2n) is 6.04. The molecule has 0 spiro atoms. The van der Waals surface area contributed by atoms with Crippen molar-refractivity contribution in [3.8, 4) is 0 Å². The van der Waals surface area contributed by atoms with Crippen LogP contribution in [0.2, 0.25) is 0 Å². The number of carbonyl (C=O) groups is 1. The van der Waals surface area contributed by atoms with Gasteiger partial charge in [0.05, 0.1) is 6.04 Å². The van der Waals surface area contributed by atoms with Gasteiger partial charge in [0, 0.05) is 11.3 Å². The molecule has 4 unspecified atom stereocenters. The SMILES string of the molecule is CCCC1NC(c2ccsc2)N(C2CCC(SC)C2)C1=O. The fourth-order valence-electron chi connectivity index (χ4n) is 3.61. The number of amides is 1. The summed E-state index contributed by atoms with van der Waals surface area (Å²) in [4.78, 5) is 15.0. The van der Waals surface area contributed by atoms with E-state index in [1.54, 1.807) is 11.3 Å². The molecule has 1 saturated heterocycles. The minimum Gasteiger partial charge on any atom is -0.319 e. The standard InChI is InChI=1S/C16H24N2OS2/c1-3-4-14-16(19)18(12-5-6-13(9-12)20-2)15(17-14)11-7-8-21-10-11/h7-8,10,12-15,17H,3-6,9H2,1-2H3. The van der Waals surface area contributed by atoms with Gasteiger partial charge in [0.15, 0.2) is 0 Å². The first-order chi connectivity index (χ1) is 10.2. The van der Waals surface area contributed by atoms with E-state index in [0.29, 0.717) is 11.9 Å². The second-order valence-corrected chi connectivity index (χ2v) is 7.96. The minimum atomic E-state index is 0.00762. The number of nitrogens with one attached hydrogen (secondary N) is 1. The zero-order valence-electron chi connectivity index (χ0n) is 12.7. The zero-order chi connectivity index (χ0) is 14.8. The maximum Gasteiger partial charge on any atom is 0.241 e. The van der Waals surface area contributed by atoms with Gasteiger partial charge in [-0.25, -0.2) is 0 Å². The highest BCUT2D eigenvalue weighted by Gasteiger charge is 2.44. The Kier molecular flexibility index (Phi) is 4.92. The summed E-state index contributed by atoms with van der Waals surface area (Å²) in [5.41, 5.74) is 1.25. The summed E-state index contributed by atoms with van der Waals surface area (Å²) in [6.07, 6.45) is 7.80. The lowest BCUT2D eigenvalue weighted by atomic mass is 10.1. The van der Waals surface area contributed by atoms with Gasteiger partial charge < -0.3 is 4.90 Å². The van der Waals surface area contributed by atoms with Gasteiger partial charge in [0.2, 0.25) is 5.91 Å². The van der Waals surface area contributed by atoms with Crippen LogP contribution >= 0.6 is 23.1 Å². The lowest BCUT2D eigenvalue weighted by Gasteiger charge is -2.30. The summed E-state index contributed by atoms with van der Waals surface area (Å²) in [7, 11) is 0. The molecule has 3 rings (SSSR count). The predicted molar refractivity (Wildman–Crippen MR) is 90.7 cm³/mol. The molecule has 1 amide bonds. The Balaban J connectivity index is 1.81. The molecule has 1 aliphatic heterocycles. The van der Waals surface area contributed by atoms with Gasteiger partial charge in [-0.3, -0.25) is 10.1 Å². The van der Waals surface area contributed by atoms with Crippen LogP contribution in [0.1, 0.15) is 50.8 Å². The van der Waals surface area contributed by atoms with Crippen molar-refractivity contribution < 1.29 is 4.79 Å². The molecule has 2 aliphatic rings. The summed E-state index contributed by atoms with van der Waals surface area (Å²) in [5.74, 6) is 0.319. The molecule has 0 radical (unpaired) electrons. The molecule has 0 bridgehead atoms. The lowest BCUT2D eigenvalue weighted by Crippen LogP contribution is -2.39. The number of hydrogen-bond acceptors (Lipinski definition) is 4. The first-order valence-corrected chi connectivity index (χ1v) is 10.1. The Morgan fingerprint density at radius 3 is 2.95 bits per heavy atom. The molecular weight excluding hydrogens is 300 g/mol. The van der Waals surface area contributed by atoms with Crippen LogP contribution in [0.3, 0.4) is 0 Å². The molecule has 0 aromatic carbocycles. The smallest absolute Gasteiger partial charge is 0.241 e. The van der Waals surface area contributed by atoms with E-state index in [2.05, 4.69) is 40.2 Å². The number of thiophene rings is 1. The van der Waals surface area contributed by atoms with Crippen LogP contribution in [0.25, 0.3) is 0 Å². The van der Waals surface area contributed by atoms with Crippen LogP contribution in [0.15, 0.2) is 16.8 Å². The van der Waals surface area contributed by atoms with Gasteiger partial charge in [0.1, 0.15) is 6.17 Å². The Bertz CT molecular complexity index is 477. The van der Waals surface area contributed by atoms with Crippen LogP contribution in [-0.2, 0) is 4.79 Å². The van der Waals surface area contributed by atoms with Crippen LogP contribution in [-0.4, -0.2) is 34.4 Å². The number of rotatable bonds is 5. The topological polar surface area (TPSA) is 32.3 Å². The Morgan fingerprint density at radius 1 is 1.48 bits per heavy atom. The highest BCUT2D eigenvalue weighted by molar-refractivity contribution is 7.99. The van der Waals surface area contributed by atoms with Gasteiger partial charge in [-0.15, -0.1) is 0 Å². The molecule has 1 aliphatic carbocycles. The molecule has 4 atom stereocenters. The van der Waals surface area contributed by atoms with Crippen molar-refractivity contribution in [1.29, 1.82) is 0 Å². The van der Waals surface area contributed by atoms with Crippen molar-refractivity contribution in [3.05, 3.63) is 22.4 Å². The van der Waals surface area contributed by atoms with Gasteiger partial charge in [-0.1, -0.05) is 13.3 Å². The Labute approximate surface area is 135 Å². The average Bonchev–Trinajstić information content (AvgIpc) is 3.19. The molecule has 1 aromatic heterocycles. The molecule has 21 heavy (non-hydrogen) atoms. The molecule has 2 heterocycles. The van der Waals surface area contributed by atoms with Crippen molar-refractivity contribution in [3.63, 3.8) is 0 Å². The maximum atomic E-state index is 12.8. The van der Waals surface area contributed by atoms with Gasteiger partial charge >= 0.3 is 0 Å². The fourth-order valence-corrected chi connectivity index (χ4v) is 5.07.